The fourth-order valence-corrected chi connectivity index (χ4v) is 5.59. The first-order valence-electron chi connectivity index (χ1n) is 11.9. The summed E-state index contributed by atoms with van der Waals surface area (Å²) in [7, 11) is -8.58. The van der Waals surface area contributed by atoms with Crippen molar-refractivity contribution in [1.82, 2.24) is 0 Å². The number of rotatable bonds is 6. The zero-order chi connectivity index (χ0) is 28.1. The van der Waals surface area contributed by atoms with Crippen molar-refractivity contribution in [3.8, 4) is 0 Å². The second-order valence-corrected chi connectivity index (χ2v) is 13.3. The summed E-state index contributed by atoms with van der Waals surface area (Å²) in [5.41, 5.74) is 4.61. The Balaban J connectivity index is 1.48. The molecule has 10 heteroatoms. The van der Waals surface area contributed by atoms with E-state index in [1.165, 1.54) is 24.3 Å². The van der Waals surface area contributed by atoms with Gasteiger partial charge in [0.05, 0.1) is 21.2 Å². The highest BCUT2D eigenvalue weighted by Gasteiger charge is 2.36. The third-order valence-electron chi connectivity index (χ3n) is 6.96. The molecule has 4 rings (SSSR count). The minimum Gasteiger partial charge on any atom is -0.358 e. The Morgan fingerprint density at radius 1 is 0.868 bits per heavy atom. The van der Waals surface area contributed by atoms with Crippen LogP contribution in [-0.4, -0.2) is 31.7 Å². The van der Waals surface area contributed by atoms with E-state index >= 15 is 0 Å². The van der Waals surface area contributed by atoms with Gasteiger partial charge in [-0.25, -0.2) is 0 Å². The Bertz CT molecular complexity index is 1690. The number of benzene rings is 2. The quantitative estimate of drug-likeness (QED) is 0.299. The van der Waals surface area contributed by atoms with Crippen LogP contribution in [0.25, 0.3) is 0 Å². The molecule has 2 aliphatic heterocycles. The molecule has 2 aromatic rings. The topological polar surface area (TPSA) is 133 Å². The van der Waals surface area contributed by atoms with Crippen LogP contribution in [0, 0.1) is 0 Å². The summed E-state index contributed by atoms with van der Waals surface area (Å²) in [5.74, 6) is 0. The lowest BCUT2D eigenvalue weighted by atomic mass is 9.81. The third-order valence-corrected chi connectivity index (χ3v) is 8.66. The molecule has 0 aromatic heterocycles. The fraction of sp³-hybridized carbons (Fsp3) is 0.250. The van der Waals surface area contributed by atoms with Crippen LogP contribution in [-0.2, 0) is 31.1 Å². The minimum atomic E-state index is -4.30. The van der Waals surface area contributed by atoms with E-state index < -0.39 is 31.1 Å². The molecule has 3 N–H and O–H groups in total. The number of hydrogen-bond donors (Lipinski definition) is 3. The number of allylic oxidation sites excluding steroid dienone is 8. The summed E-state index contributed by atoms with van der Waals surface area (Å²) >= 11 is 0. The predicted octanol–water partition coefficient (Wildman–Crippen LogP) is 5.89. The largest absolute Gasteiger partial charge is 0.358 e. The fourth-order valence-electron chi connectivity index (χ4n) is 4.58. The number of nitrogens with zero attached hydrogens (tertiary/aromatic N) is 1. The molecule has 0 radical (unpaired) electrons. The first-order valence-corrected chi connectivity index (χ1v) is 14.7. The Morgan fingerprint density at radius 2 is 1.47 bits per heavy atom. The van der Waals surface area contributed by atoms with Gasteiger partial charge >= 0.3 is 0 Å². The van der Waals surface area contributed by atoms with Gasteiger partial charge in [-0.2, -0.15) is 16.8 Å². The van der Waals surface area contributed by atoms with Crippen molar-refractivity contribution in [3.05, 3.63) is 95.3 Å². The van der Waals surface area contributed by atoms with Crippen LogP contribution in [0.4, 0.5) is 11.4 Å². The summed E-state index contributed by atoms with van der Waals surface area (Å²) in [6, 6.07) is 8.92. The minimum absolute atomic E-state index is 0.134. The van der Waals surface area contributed by atoms with Crippen LogP contribution in [0.1, 0.15) is 45.7 Å². The molecule has 2 heterocycles. The smallest absolute Gasteiger partial charge is 0.294 e. The van der Waals surface area contributed by atoms with Gasteiger partial charge in [0.25, 0.3) is 20.2 Å². The molecule has 2 aromatic carbocycles. The van der Waals surface area contributed by atoms with Crippen LogP contribution >= 0.6 is 0 Å². The Morgan fingerprint density at radius 3 is 2.11 bits per heavy atom. The maximum absolute atomic E-state index is 11.5. The molecule has 0 spiro atoms. The second-order valence-electron chi connectivity index (χ2n) is 10.4. The molecule has 0 bridgehead atoms. The van der Waals surface area contributed by atoms with E-state index in [-0.39, 0.29) is 9.79 Å². The second kappa shape index (κ2) is 9.46. The van der Waals surface area contributed by atoms with Gasteiger partial charge in [0, 0.05) is 22.2 Å². The number of nitrogens with one attached hydrogen (secondary N) is 1. The first kappa shape index (κ1) is 27.7. The lowest BCUT2D eigenvalue weighted by molar-refractivity contribution is 0.480. The summed E-state index contributed by atoms with van der Waals surface area (Å²) in [5, 5.41) is 3.32. The molecule has 0 fully saturated rings. The van der Waals surface area contributed by atoms with E-state index in [1.54, 1.807) is 12.1 Å². The third kappa shape index (κ3) is 5.30. The molecule has 2 aliphatic rings. The van der Waals surface area contributed by atoms with Crippen molar-refractivity contribution in [3.63, 3.8) is 0 Å². The van der Waals surface area contributed by atoms with E-state index in [1.807, 2.05) is 71.1 Å². The van der Waals surface area contributed by atoms with Crippen LogP contribution in [0.15, 0.2) is 98.9 Å². The summed E-state index contributed by atoms with van der Waals surface area (Å²) < 4.78 is 64.9. The average molecular weight is 555 g/mol. The molecule has 8 nitrogen and oxygen atoms in total. The van der Waals surface area contributed by atoms with Crippen molar-refractivity contribution >= 4 is 37.3 Å². The van der Waals surface area contributed by atoms with E-state index in [4.69, 9.17) is 0 Å². The van der Waals surface area contributed by atoms with Gasteiger partial charge in [-0.15, -0.1) is 0 Å². The standard InChI is InChI=1S/C28H30N2O6S2/c1-18(8-6-10-25-27(2,3)21-16-19(37(31,32)33)12-14-23(21)29-25)9-7-11-26-28(4,5)22-17-20(38(34,35)36)13-15-24(22)30-26/h6-17,29H,1-5H3,(H,31,32,33)(H,34,35,36)/b8-6+,11-7+,18-9+,25-10+. The molecular weight excluding hydrogens is 524 g/mol. The Labute approximate surface area is 223 Å². The number of hydrogen-bond acceptors (Lipinski definition) is 6. The highest BCUT2D eigenvalue weighted by atomic mass is 32.2. The predicted molar refractivity (Wildman–Crippen MR) is 149 cm³/mol. The van der Waals surface area contributed by atoms with Gasteiger partial charge in [-0.1, -0.05) is 57.6 Å². The van der Waals surface area contributed by atoms with E-state index in [0.717, 1.165) is 33.8 Å². The van der Waals surface area contributed by atoms with Gasteiger partial charge in [0.1, 0.15) is 0 Å². The van der Waals surface area contributed by atoms with Crippen LogP contribution < -0.4 is 5.32 Å². The molecule has 200 valence electrons. The molecule has 0 aliphatic carbocycles. The van der Waals surface area contributed by atoms with Crippen molar-refractivity contribution in [2.24, 2.45) is 4.99 Å². The highest BCUT2D eigenvalue weighted by Crippen LogP contribution is 2.44. The molecule has 0 unspecified atom stereocenters. The zero-order valence-electron chi connectivity index (χ0n) is 21.7. The van der Waals surface area contributed by atoms with Gasteiger partial charge in [0.2, 0.25) is 0 Å². The molecule has 0 amide bonds. The Kier molecular flexibility index (Phi) is 6.90. The van der Waals surface area contributed by atoms with Crippen molar-refractivity contribution in [2.45, 2.75) is 55.2 Å². The lowest BCUT2D eigenvalue weighted by Crippen LogP contribution is -2.24. The van der Waals surface area contributed by atoms with E-state index in [0.29, 0.717) is 5.69 Å². The molecule has 0 saturated carbocycles. The molecule has 38 heavy (non-hydrogen) atoms. The summed E-state index contributed by atoms with van der Waals surface area (Å²) in [6.07, 6.45) is 11.5. The maximum Gasteiger partial charge on any atom is 0.294 e. The van der Waals surface area contributed by atoms with Gasteiger partial charge < -0.3 is 5.32 Å². The van der Waals surface area contributed by atoms with Crippen molar-refractivity contribution in [2.75, 3.05) is 5.32 Å². The maximum atomic E-state index is 11.5. The van der Waals surface area contributed by atoms with E-state index in [9.17, 15) is 25.9 Å². The van der Waals surface area contributed by atoms with Crippen molar-refractivity contribution < 1.29 is 25.9 Å². The highest BCUT2D eigenvalue weighted by molar-refractivity contribution is 7.86. The first-order chi connectivity index (χ1) is 17.5. The van der Waals surface area contributed by atoms with Gasteiger partial charge in [-0.05, 0) is 66.6 Å². The van der Waals surface area contributed by atoms with Gasteiger partial charge in [-0.3, -0.25) is 14.1 Å². The summed E-state index contributed by atoms with van der Waals surface area (Å²) in [4.78, 5) is 4.35. The van der Waals surface area contributed by atoms with Crippen LogP contribution in [0.5, 0.6) is 0 Å². The molecule has 0 saturated heterocycles. The number of anilines is 1. The summed E-state index contributed by atoms with van der Waals surface area (Å²) in [6.45, 7) is 9.81. The monoisotopic (exact) mass is 554 g/mol. The van der Waals surface area contributed by atoms with Gasteiger partial charge in [0.15, 0.2) is 0 Å². The van der Waals surface area contributed by atoms with Crippen LogP contribution in [0.2, 0.25) is 0 Å². The molecule has 0 atom stereocenters. The normalized spacial score (nSPS) is 19.6. The van der Waals surface area contributed by atoms with Crippen molar-refractivity contribution in [1.29, 1.82) is 0 Å². The number of aliphatic imine (C=N–C) groups is 1. The van der Waals surface area contributed by atoms with E-state index in [2.05, 4.69) is 10.3 Å². The lowest BCUT2D eigenvalue weighted by Gasteiger charge is -2.20. The zero-order valence-corrected chi connectivity index (χ0v) is 23.4. The average Bonchev–Trinajstić information content (AvgIpc) is 3.21. The van der Waals surface area contributed by atoms with Crippen LogP contribution in [0.3, 0.4) is 0 Å². The Hall–Kier alpha value is -3.31. The molecular formula is C28H30N2O6S2. The number of fused-ring (bicyclic) bond motifs is 2. The SMILES string of the molecule is CC(/C=C/C=C1/Nc2ccc(S(=O)(=O)O)cc2C1(C)C)=C\C=C\C1=Nc2ccc(S(=O)(=O)O)cc2C1(C)C.